The van der Waals surface area contributed by atoms with Crippen LogP contribution in [0.1, 0.15) is 15.5 Å². The average Bonchev–Trinajstić information content (AvgIpc) is 2.34. The SMILES string of the molecule is C=Cc1nc(C(=O)O)cs1. The van der Waals surface area contributed by atoms with Gasteiger partial charge in [0.25, 0.3) is 0 Å². The molecule has 0 bridgehead atoms. The maximum absolute atomic E-state index is 10.2. The zero-order valence-electron chi connectivity index (χ0n) is 5.07. The van der Waals surface area contributed by atoms with Crippen molar-refractivity contribution in [2.45, 2.75) is 0 Å². The third kappa shape index (κ3) is 1.22. The molecule has 0 fully saturated rings. The summed E-state index contributed by atoms with van der Waals surface area (Å²) in [6, 6.07) is 0. The standard InChI is InChI=1S/C6H5NO2S/c1-2-5-7-4(3-10-5)6(8)9/h2-3H,1H2,(H,8,9). The molecule has 0 saturated heterocycles. The zero-order chi connectivity index (χ0) is 7.56. The van der Waals surface area contributed by atoms with E-state index in [1.807, 2.05) is 0 Å². The first-order valence-electron chi connectivity index (χ1n) is 2.55. The van der Waals surface area contributed by atoms with Gasteiger partial charge in [-0.1, -0.05) is 6.58 Å². The minimum atomic E-state index is -0.996. The molecule has 0 amide bonds. The van der Waals surface area contributed by atoms with Crippen LogP contribution >= 0.6 is 11.3 Å². The molecule has 0 aliphatic carbocycles. The van der Waals surface area contributed by atoms with Gasteiger partial charge in [0.2, 0.25) is 0 Å². The molecule has 0 aromatic carbocycles. The van der Waals surface area contributed by atoms with Gasteiger partial charge in [0.05, 0.1) is 0 Å². The van der Waals surface area contributed by atoms with Gasteiger partial charge in [0.1, 0.15) is 5.01 Å². The first kappa shape index (κ1) is 6.95. The molecule has 0 radical (unpaired) electrons. The number of aromatic nitrogens is 1. The van der Waals surface area contributed by atoms with Crippen LogP contribution in [0.4, 0.5) is 0 Å². The molecular formula is C6H5NO2S. The van der Waals surface area contributed by atoms with Crippen LogP contribution in [0, 0.1) is 0 Å². The van der Waals surface area contributed by atoms with Gasteiger partial charge >= 0.3 is 5.97 Å². The highest BCUT2D eigenvalue weighted by Crippen LogP contribution is 2.09. The van der Waals surface area contributed by atoms with E-state index in [-0.39, 0.29) is 5.69 Å². The summed E-state index contributed by atoms with van der Waals surface area (Å²) < 4.78 is 0. The molecule has 3 nitrogen and oxygen atoms in total. The fraction of sp³-hybridized carbons (Fsp3) is 0. The lowest BCUT2D eigenvalue weighted by molar-refractivity contribution is 0.0691. The second kappa shape index (κ2) is 2.62. The summed E-state index contributed by atoms with van der Waals surface area (Å²) in [6.45, 7) is 3.46. The fourth-order valence-corrected chi connectivity index (χ4v) is 1.11. The number of carbonyl (C=O) groups is 1. The van der Waals surface area contributed by atoms with Crippen molar-refractivity contribution in [3.63, 3.8) is 0 Å². The quantitative estimate of drug-likeness (QED) is 0.703. The summed E-state index contributed by atoms with van der Waals surface area (Å²) in [5.74, 6) is -0.996. The number of hydrogen-bond acceptors (Lipinski definition) is 3. The molecule has 0 aliphatic rings. The summed E-state index contributed by atoms with van der Waals surface area (Å²) in [7, 11) is 0. The third-order valence-electron chi connectivity index (χ3n) is 0.916. The van der Waals surface area contributed by atoms with Crippen molar-refractivity contribution >= 4 is 23.4 Å². The average molecular weight is 155 g/mol. The third-order valence-corrected chi connectivity index (χ3v) is 1.76. The van der Waals surface area contributed by atoms with E-state index in [1.165, 1.54) is 22.8 Å². The van der Waals surface area contributed by atoms with Crippen LogP contribution in [0.15, 0.2) is 12.0 Å². The highest BCUT2D eigenvalue weighted by Gasteiger charge is 2.05. The van der Waals surface area contributed by atoms with Crippen molar-refractivity contribution in [3.05, 3.63) is 22.7 Å². The number of thiazole rings is 1. The van der Waals surface area contributed by atoms with Gasteiger partial charge in [-0.2, -0.15) is 0 Å². The molecule has 1 N–H and O–H groups in total. The number of rotatable bonds is 2. The van der Waals surface area contributed by atoms with Crippen molar-refractivity contribution in [2.75, 3.05) is 0 Å². The molecule has 4 heteroatoms. The molecular weight excluding hydrogens is 150 g/mol. The Labute approximate surface area is 61.7 Å². The summed E-state index contributed by atoms with van der Waals surface area (Å²) >= 11 is 1.27. The molecule has 0 spiro atoms. The van der Waals surface area contributed by atoms with Gasteiger partial charge < -0.3 is 5.11 Å². The zero-order valence-corrected chi connectivity index (χ0v) is 5.89. The molecule has 1 rings (SSSR count). The van der Waals surface area contributed by atoms with E-state index in [0.717, 1.165) is 0 Å². The van der Waals surface area contributed by atoms with Gasteiger partial charge in [-0.25, -0.2) is 9.78 Å². The lowest BCUT2D eigenvalue weighted by Crippen LogP contribution is -1.95. The summed E-state index contributed by atoms with van der Waals surface area (Å²) in [4.78, 5) is 14.0. The fourth-order valence-electron chi connectivity index (χ4n) is 0.480. The molecule has 1 aromatic rings. The number of aromatic carboxylic acids is 1. The van der Waals surface area contributed by atoms with Crippen molar-refractivity contribution in [3.8, 4) is 0 Å². The molecule has 10 heavy (non-hydrogen) atoms. The predicted octanol–water partition coefficient (Wildman–Crippen LogP) is 1.48. The normalized spacial score (nSPS) is 9.20. The summed E-state index contributed by atoms with van der Waals surface area (Å²) in [5, 5.41) is 10.5. The van der Waals surface area contributed by atoms with Crippen molar-refractivity contribution in [1.29, 1.82) is 0 Å². The lowest BCUT2D eigenvalue weighted by atomic mass is 10.5. The molecule has 0 aliphatic heterocycles. The summed E-state index contributed by atoms with van der Waals surface area (Å²) in [6.07, 6.45) is 1.52. The Bertz CT molecular complexity index is 266. The van der Waals surface area contributed by atoms with E-state index in [9.17, 15) is 4.79 Å². The van der Waals surface area contributed by atoms with Gasteiger partial charge in [0.15, 0.2) is 5.69 Å². The molecule has 1 heterocycles. The molecule has 1 aromatic heterocycles. The Balaban J connectivity index is 2.98. The van der Waals surface area contributed by atoms with Crippen LogP contribution in [0.2, 0.25) is 0 Å². The van der Waals surface area contributed by atoms with Crippen LogP contribution in [-0.2, 0) is 0 Å². The molecule has 0 saturated carbocycles. The maximum atomic E-state index is 10.2. The van der Waals surface area contributed by atoms with E-state index < -0.39 is 5.97 Å². The molecule has 52 valence electrons. The second-order valence-corrected chi connectivity index (χ2v) is 2.47. The van der Waals surface area contributed by atoms with Crippen molar-refractivity contribution < 1.29 is 9.90 Å². The topological polar surface area (TPSA) is 50.2 Å². The monoisotopic (exact) mass is 155 g/mol. The Morgan fingerprint density at radius 1 is 1.90 bits per heavy atom. The number of carboxylic acid groups (broad SMARTS) is 1. The second-order valence-electron chi connectivity index (χ2n) is 1.58. The Kier molecular flexibility index (Phi) is 1.82. The molecule has 0 atom stereocenters. The maximum Gasteiger partial charge on any atom is 0.355 e. The minimum absolute atomic E-state index is 0.0832. The first-order chi connectivity index (χ1) is 4.74. The van der Waals surface area contributed by atoms with Crippen LogP contribution in [0.3, 0.4) is 0 Å². The number of nitrogens with zero attached hydrogens (tertiary/aromatic N) is 1. The minimum Gasteiger partial charge on any atom is -0.476 e. The van der Waals surface area contributed by atoms with Crippen molar-refractivity contribution in [1.82, 2.24) is 4.98 Å². The highest BCUT2D eigenvalue weighted by molar-refractivity contribution is 7.10. The lowest BCUT2D eigenvalue weighted by Gasteiger charge is -1.80. The van der Waals surface area contributed by atoms with E-state index in [4.69, 9.17) is 5.11 Å². The Morgan fingerprint density at radius 3 is 2.90 bits per heavy atom. The van der Waals surface area contributed by atoms with Crippen molar-refractivity contribution in [2.24, 2.45) is 0 Å². The first-order valence-corrected chi connectivity index (χ1v) is 3.43. The van der Waals surface area contributed by atoms with E-state index >= 15 is 0 Å². The van der Waals surface area contributed by atoms with Gasteiger partial charge in [0, 0.05) is 5.38 Å². The number of hydrogen-bond donors (Lipinski definition) is 1. The predicted molar refractivity (Wildman–Crippen MR) is 39.2 cm³/mol. The Morgan fingerprint density at radius 2 is 2.60 bits per heavy atom. The number of carboxylic acids is 1. The summed E-state index contributed by atoms with van der Waals surface area (Å²) in [5.41, 5.74) is 0.0832. The molecule has 0 unspecified atom stereocenters. The van der Waals surface area contributed by atoms with Crippen LogP contribution < -0.4 is 0 Å². The van der Waals surface area contributed by atoms with E-state index in [1.54, 1.807) is 0 Å². The van der Waals surface area contributed by atoms with Crippen LogP contribution in [0.5, 0.6) is 0 Å². The van der Waals surface area contributed by atoms with Crippen LogP contribution in [0.25, 0.3) is 6.08 Å². The Hall–Kier alpha value is -1.16. The largest absolute Gasteiger partial charge is 0.476 e. The van der Waals surface area contributed by atoms with E-state index in [2.05, 4.69) is 11.6 Å². The van der Waals surface area contributed by atoms with Gasteiger partial charge in [-0.05, 0) is 6.08 Å². The van der Waals surface area contributed by atoms with Crippen LogP contribution in [-0.4, -0.2) is 16.1 Å². The van der Waals surface area contributed by atoms with Gasteiger partial charge in [-0.3, -0.25) is 0 Å². The van der Waals surface area contributed by atoms with E-state index in [0.29, 0.717) is 5.01 Å². The van der Waals surface area contributed by atoms with Gasteiger partial charge in [-0.15, -0.1) is 11.3 Å². The highest BCUT2D eigenvalue weighted by atomic mass is 32.1. The smallest absolute Gasteiger partial charge is 0.355 e.